The van der Waals surface area contributed by atoms with E-state index in [4.69, 9.17) is 0 Å². The van der Waals surface area contributed by atoms with Crippen LogP contribution in [0.25, 0.3) is 0 Å². The maximum atomic E-state index is 12.7. The molecular weight excluding hydrogens is 354 g/mol. The van der Waals surface area contributed by atoms with Gasteiger partial charge in [-0.1, -0.05) is 11.6 Å². The van der Waals surface area contributed by atoms with E-state index in [1.54, 1.807) is 18.5 Å². The average molecular weight is 383 g/mol. The molecule has 0 aromatic carbocycles. The van der Waals surface area contributed by atoms with Gasteiger partial charge in [0.25, 0.3) is 0 Å². The maximum Gasteiger partial charge on any atom is 0.226 e. The molecule has 1 saturated heterocycles. The molecule has 1 saturated carbocycles. The summed E-state index contributed by atoms with van der Waals surface area (Å²) in [6.45, 7) is 3.48. The lowest BCUT2D eigenvalue weighted by atomic mass is 9.97. The van der Waals surface area contributed by atoms with E-state index in [-0.39, 0.29) is 23.7 Å². The SMILES string of the molecule is O=C(NCCC1=CCCCC1)C1CC1C(=O)N1CCN(c2ncccn2)CC1. The second-order valence-corrected chi connectivity index (χ2v) is 7.96. The molecule has 2 heterocycles. The lowest BCUT2D eigenvalue weighted by molar-refractivity contribution is -0.135. The summed E-state index contributed by atoms with van der Waals surface area (Å²) in [6, 6.07) is 1.80. The number of hydrogen-bond donors (Lipinski definition) is 1. The van der Waals surface area contributed by atoms with Crippen LogP contribution in [0.5, 0.6) is 0 Å². The van der Waals surface area contributed by atoms with Crippen molar-refractivity contribution < 1.29 is 9.59 Å². The summed E-state index contributed by atoms with van der Waals surface area (Å²) in [5.41, 5.74) is 1.47. The van der Waals surface area contributed by atoms with E-state index in [9.17, 15) is 9.59 Å². The second kappa shape index (κ2) is 8.71. The highest BCUT2D eigenvalue weighted by atomic mass is 16.2. The number of nitrogens with one attached hydrogen (secondary N) is 1. The summed E-state index contributed by atoms with van der Waals surface area (Å²) in [5, 5.41) is 3.03. The topological polar surface area (TPSA) is 78.4 Å². The van der Waals surface area contributed by atoms with Gasteiger partial charge in [0, 0.05) is 45.1 Å². The number of hydrogen-bond acceptors (Lipinski definition) is 5. The van der Waals surface area contributed by atoms with Crippen molar-refractivity contribution in [3.8, 4) is 0 Å². The average Bonchev–Trinajstić information content (AvgIpc) is 3.56. The normalized spacial score (nSPS) is 24.5. The fraction of sp³-hybridized carbons (Fsp3) is 0.619. The molecule has 1 aliphatic heterocycles. The molecule has 1 aromatic rings. The molecular formula is C21H29N5O2. The van der Waals surface area contributed by atoms with Gasteiger partial charge < -0.3 is 15.1 Å². The predicted octanol–water partition coefficient (Wildman–Crippen LogP) is 1.77. The quantitative estimate of drug-likeness (QED) is 0.758. The van der Waals surface area contributed by atoms with Gasteiger partial charge in [-0.2, -0.15) is 0 Å². The van der Waals surface area contributed by atoms with Gasteiger partial charge in [-0.25, -0.2) is 9.97 Å². The van der Waals surface area contributed by atoms with E-state index in [0.717, 1.165) is 19.5 Å². The summed E-state index contributed by atoms with van der Waals surface area (Å²) >= 11 is 0. The number of rotatable bonds is 6. The van der Waals surface area contributed by atoms with Gasteiger partial charge in [0.05, 0.1) is 11.8 Å². The van der Waals surface area contributed by atoms with Crippen molar-refractivity contribution in [2.45, 2.75) is 38.5 Å². The number of piperazine rings is 1. The van der Waals surface area contributed by atoms with Gasteiger partial charge in [-0.05, 0) is 44.6 Å². The van der Waals surface area contributed by atoms with E-state index in [1.165, 1.54) is 31.3 Å². The monoisotopic (exact) mass is 383 g/mol. The number of allylic oxidation sites excluding steroid dienone is 1. The van der Waals surface area contributed by atoms with E-state index in [0.29, 0.717) is 32.0 Å². The van der Waals surface area contributed by atoms with Crippen LogP contribution < -0.4 is 10.2 Å². The Morgan fingerprint density at radius 1 is 1.07 bits per heavy atom. The second-order valence-electron chi connectivity index (χ2n) is 7.96. The Morgan fingerprint density at radius 2 is 1.86 bits per heavy atom. The predicted molar refractivity (Wildman–Crippen MR) is 107 cm³/mol. The standard InChI is InChI=1S/C21H29N5O2/c27-19(22-10-7-16-5-2-1-3-6-16)17-15-18(17)20(28)25-11-13-26(14-12-25)21-23-8-4-9-24-21/h4-5,8-9,17-18H,1-3,6-7,10-15H2,(H,22,27). The van der Waals surface area contributed by atoms with Crippen molar-refractivity contribution in [3.05, 3.63) is 30.1 Å². The largest absolute Gasteiger partial charge is 0.356 e. The minimum Gasteiger partial charge on any atom is -0.356 e. The van der Waals surface area contributed by atoms with Crippen molar-refractivity contribution in [1.82, 2.24) is 20.2 Å². The van der Waals surface area contributed by atoms with Crippen molar-refractivity contribution in [2.24, 2.45) is 11.8 Å². The van der Waals surface area contributed by atoms with Gasteiger partial charge in [-0.3, -0.25) is 9.59 Å². The van der Waals surface area contributed by atoms with E-state index >= 15 is 0 Å². The lowest BCUT2D eigenvalue weighted by Gasteiger charge is -2.34. The van der Waals surface area contributed by atoms with Crippen molar-refractivity contribution in [3.63, 3.8) is 0 Å². The molecule has 150 valence electrons. The Labute approximate surface area is 166 Å². The van der Waals surface area contributed by atoms with Gasteiger partial charge in [0.1, 0.15) is 0 Å². The zero-order chi connectivity index (χ0) is 19.3. The molecule has 2 amide bonds. The Bertz CT molecular complexity index is 728. The highest BCUT2D eigenvalue weighted by molar-refractivity contribution is 5.92. The van der Waals surface area contributed by atoms with Crippen LogP contribution >= 0.6 is 0 Å². The van der Waals surface area contributed by atoms with E-state index in [2.05, 4.69) is 26.3 Å². The number of carbonyl (C=O) groups excluding carboxylic acids is 2. The number of nitrogens with zero attached hydrogens (tertiary/aromatic N) is 4. The third-order valence-corrected chi connectivity index (χ3v) is 6.00. The molecule has 7 heteroatoms. The summed E-state index contributed by atoms with van der Waals surface area (Å²) in [4.78, 5) is 37.6. The maximum absolute atomic E-state index is 12.7. The molecule has 4 rings (SSSR count). The van der Waals surface area contributed by atoms with Crippen molar-refractivity contribution in [1.29, 1.82) is 0 Å². The van der Waals surface area contributed by atoms with Crippen LogP contribution in [0.4, 0.5) is 5.95 Å². The molecule has 7 nitrogen and oxygen atoms in total. The summed E-state index contributed by atoms with van der Waals surface area (Å²) in [5.74, 6) is 0.623. The Morgan fingerprint density at radius 3 is 2.57 bits per heavy atom. The summed E-state index contributed by atoms with van der Waals surface area (Å²) < 4.78 is 0. The number of aromatic nitrogens is 2. The van der Waals surface area contributed by atoms with Crippen molar-refractivity contribution >= 4 is 17.8 Å². The Kier molecular flexibility index (Phi) is 5.88. The van der Waals surface area contributed by atoms with Gasteiger partial charge >= 0.3 is 0 Å². The first-order valence-corrected chi connectivity index (χ1v) is 10.5. The zero-order valence-corrected chi connectivity index (χ0v) is 16.3. The molecule has 3 aliphatic rings. The highest BCUT2D eigenvalue weighted by Gasteiger charge is 2.49. The molecule has 2 fully saturated rings. The molecule has 0 bridgehead atoms. The highest BCUT2D eigenvalue weighted by Crippen LogP contribution is 2.40. The molecule has 0 spiro atoms. The fourth-order valence-electron chi connectivity index (χ4n) is 4.18. The molecule has 1 aromatic heterocycles. The van der Waals surface area contributed by atoms with E-state index in [1.807, 2.05) is 4.90 Å². The lowest BCUT2D eigenvalue weighted by Crippen LogP contribution is -2.50. The molecule has 1 N–H and O–H groups in total. The van der Waals surface area contributed by atoms with Crippen LogP contribution in [0.1, 0.15) is 38.5 Å². The van der Waals surface area contributed by atoms with Gasteiger partial charge in [0.2, 0.25) is 17.8 Å². The first kappa shape index (κ1) is 18.9. The van der Waals surface area contributed by atoms with Crippen LogP contribution in [0.3, 0.4) is 0 Å². The third kappa shape index (κ3) is 4.51. The smallest absolute Gasteiger partial charge is 0.226 e. The number of anilines is 1. The van der Waals surface area contributed by atoms with Crippen LogP contribution in [0.2, 0.25) is 0 Å². The first-order valence-electron chi connectivity index (χ1n) is 10.5. The minimum atomic E-state index is -0.136. The first-order chi connectivity index (χ1) is 13.7. The molecule has 2 aliphatic carbocycles. The molecule has 28 heavy (non-hydrogen) atoms. The molecule has 2 unspecified atom stereocenters. The fourth-order valence-corrected chi connectivity index (χ4v) is 4.18. The van der Waals surface area contributed by atoms with Crippen LogP contribution in [-0.4, -0.2) is 59.4 Å². The summed E-state index contributed by atoms with van der Waals surface area (Å²) in [6.07, 6.45) is 12.3. The molecule has 0 radical (unpaired) electrons. The zero-order valence-electron chi connectivity index (χ0n) is 16.3. The summed E-state index contributed by atoms with van der Waals surface area (Å²) in [7, 11) is 0. The third-order valence-electron chi connectivity index (χ3n) is 6.00. The van der Waals surface area contributed by atoms with E-state index < -0.39 is 0 Å². The number of carbonyl (C=O) groups is 2. The Hall–Kier alpha value is -2.44. The van der Waals surface area contributed by atoms with Crippen molar-refractivity contribution in [2.75, 3.05) is 37.6 Å². The van der Waals surface area contributed by atoms with Crippen LogP contribution in [0, 0.1) is 11.8 Å². The number of amides is 2. The molecule has 2 atom stereocenters. The Balaban J connectivity index is 1.18. The minimum absolute atomic E-state index is 0.0473. The van der Waals surface area contributed by atoms with Gasteiger partial charge in [-0.15, -0.1) is 0 Å². The van der Waals surface area contributed by atoms with Crippen LogP contribution in [-0.2, 0) is 9.59 Å². The van der Waals surface area contributed by atoms with Crippen LogP contribution in [0.15, 0.2) is 30.1 Å². The van der Waals surface area contributed by atoms with Gasteiger partial charge in [0.15, 0.2) is 0 Å².